The molecular weight excluding hydrogens is 439 g/mol. The fraction of sp³-hybridized carbons (Fsp3) is 0.389. The van der Waals surface area contributed by atoms with Crippen molar-refractivity contribution in [3.8, 4) is 0 Å². The zero-order valence-corrected chi connectivity index (χ0v) is 17.6. The van der Waals surface area contributed by atoms with Crippen molar-refractivity contribution in [2.75, 3.05) is 18.8 Å². The number of rotatable bonds is 3. The number of carboxylic acids is 1. The molecule has 0 aromatic carbocycles. The smallest absolute Gasteiger partial charge is 0.475 e. The van der Waals surface area contributed by atoms with Crippen LogP contribution in [0.15, 0.2) is 18.2 Å². The Morgan fingerprint density at radius 2 is 1.81 bits per heavy atom. The number of aromatic nitrogens is 2. The van der Waals surface area contributed by atoms with Gasteiger partial charge in [-0.15, -0.1) is 11.3 Å². The van der Waals surface area contributed by atoms with Crippen LogP contribution in [-0.2, 0) is 4.79 Å². The number of nitrogens with zero attached hydrogens (tertiary/aromatic N) is 3. The van der Waals surface area contributed by atoms with Gasteiger partial charge in [-0.1, -0.05) is 6.07 Å². The van der Waals surface area contributed by atoms with Crippen LogP contribution in [0.1, 0.15) is 37.8 Å². The number of carboxylic acid groups (broad SMARTS) is 1. The molecule has 0 radical (unpaired) electrons. The van der Waals surface area contributed by atoms with E-state index in [0.29, 0.717) is 30.3 Å². The van der Waals surface area contributed by atoms with Gasteiger partial charge in [0, 0.05) is 18.0 Å². The Bertz CT molecular complexity index is 1000. The average molecular weight is 459 g/mol. The second-order valence-electron chi connectivity index (χ2n) is 7.06. The summed E-state index contributed by atoms with van der Waals surface area (Å²) in [5, 5.41) is 11.0. The largest absolute Gasteiger partial charge is 0.490 e. The van der Waals surface area contributed by atoms with Gasteiger partial charge in [0.15, 0.2) is 0 Å². The molecule has 3 rings (SSSR count). The van der Waals surface area contributed by atoms with Crippen LogP contribution in [0.5, 0.6) is 0 Å². The molecule has 2 aromatic rings. The van der Waals surface area contributed by atoms with Gasteiger partial charge in [0.25, 0.3) is 11.8 Å². The molecule has 0 aliphatic carbocycles. The third-order valence-corrected chi connectivity index (χ3v) is 5.02. The monoisotopic (exact) mass is 459 g/mol. The predicted octanol–water partition coefficient (Wildman–Crippen LogP) is 2.01. The summed E-state index contributed by atoms with van der Waals surface area (Å²) in [6, 6.07) is 4.97. The second kappa shape index (κ2) is 8.88. The van der Waals surface area contributed by atoms with Crippen LogP contribution in [0.2, 0.25) is 0 Å². The Labute approximate surface area is 179 Å². The van der Waals surface area contributed by atoms with Gasteiger partial charge in [-0.05, 0) is 32.9 Å². The van der Waals surface area contributed by atoms with Crippen LogP contribution < -0.4 is 11.1 Å². The zero-order chi connectivity index (χ0) is 23.6. The number of aliphatic carboxylic acids is 1. The molecule has 3 heterocycles. The average Bonchev–Trinajstić information content (AvgIpc) is 2.97. The third-order valence-electron chi connectivity index (χ3n) is 4.13. The van der Waals surface area contributed by atoms with Gasteiger partial charge in [0.2, 0.25) is 0 Å². The van der Waals surface area contributed by atoms with E-state index < -0.39 is 17.7 Å². The van der Waals surface area contributed by atoms with Crippen LogP contribution in [-0.4, -0.2) is 62.6 Å². The first-order valence-corrected chi connectivity index (χ1v) is 9.62. The van der Waals surface area contributed by atoms with Gasteiger partial charge in [-0.2, -0.15) is 13.2 Å². The molecule has 9 nitrogen and oxygen atoms in total. The maximum atomic E-state index is 12.4. The molecule has 1 saturated heterocycles. The van der Waals surface area contributed by atoms with Crippen molar-refractivity contribution in [1.82, 2.24) is 20.2 Å². The number of hydrogen-bond donors (Lipinski definition) is 3. The van der Waals surface area contributed by atoms with E-state index in [1.807, 2.05) is 20.8 Å². The number of aryl methyl sites for hydroxylation is 2. The molecule has 2 aromatic heterocycles. The number of halogens is 3. The maximum absolute atomic E-state index is 12.4. The van der Waals surface area contributed by atoms with E-state index in [1.165, 1.54) is 11.3 Å². The van der Waals surface area contributed by atoms with E-state index in [2.05, 4.69) is 15.3 Å². The van der Waals surface area contributed by atoms with E-state index >= 15 is 0 Å². The Balaban J connectivity index is 0.000000423. The fourth-order valence-corrected chi connectivity index (χ4v) is 3.64. The van der Waals surface area contributed by atoms with E-state index in [-0.39, 0.29) is 11.8 Å². The van der Waals surface area contributed by atoms with Crippen LogP contribution in [0, 0.1) is 13.8 Å². The van der Waals surface area contributed by atoms with Crippen LogP contribution in [0.3, 0.4) is 0 Å². The first-order valence-electron chi connectivity index (χ1n) is 8.80. The highest BCUT2D eigenvalue weighted by Gasteiger charge is 2.43. The van der Waals surface area contributed by atoms with E-state index in [4.69, 9.17) is 15.6 Å². The predicted molar refractivity (Wildman–Crippen MR) is 106 cm³/mol. The lowest BCUT2D eigenvalue weighted by Gasteiger charge is -2.48. The lowest BCUT2D eigenvalue weighted by Crippen LogP contribution is -2.69. The number of nitrogen functional groups attached to an aromatic ring is 1. The number of pyridine rings is 1. The van der Waals surface area contributed by atoms with Crippen LogP contribution >= 0.6 is 11.3 Å². The number of alkyl halides is 3. The van der Waals surface area contributed by atoms with Crippen molar-refractivity contribution in [3.05, 3.63) is 39.5 Å². The van der Waals surface area contributed by atoms with Crippen molar-refractivity contribution in [1.29, 1.82) is 0 Å². The molecule has 0 spiro atoms. The Morgan fingerprint density at radius 1 is 1.23 bits per heavy atom. The first-order chi connectivity index (χ1) is 14.2. The minimum absolute atomic E-state index is 0.185. The molecule has 0 saturated carbocycles. The molecule has 1 fully saturated rings. The molecule has 2 amide bonds. The highest BCUT2D eigenvalue weighted by atomic mass is 32.1. The molecule has 13 heteroatoms. The summed E-state index contributed by atoms with van der Waals surface area (Å²) in [7, 11) is 0. The minimum Gasteiger partial charge on any atom is -0.475 e. The third kappa shape index (κ3) is 6.13. The highest BCUT2D eigenvalue weighted by Crippen LogP contribution is 2.24. The number of anilines is 1. The number of nitrogens with one attached hydrogen (secondary N) is 1. The molecular formula is C18H20F3N5O4S. The van der Waals surface area contributed by atoms with Gasteiger partial charge in [-0.3, -0.25) is 9.59 Å². The number of carbonyl (C=O) groups is 3. The molecule has 0 unspecified atom stereocenters. The first kappa shape index (κ1) is 24.1. The molecule has 0 atom stereocenters. The summed E-state index contributed by atoms with van der Waals surface area (Å²) in [6.45, 7) is 6.52. The molecule has 168 valence electrons. The summed E-state index contributed by atoms with van der Waals surface area (Å²) in [4.78, 5) is 44.5. The van der Waals surface area contributed by atoms with Crippen molar-refractivity contribution < 1.29 is 32.7 Å². The van der Waals surface area contributed by atoms with Crippen molar-refractivity contribution in [2.45, 2.75) is 32.5 Å². The minimum atomic E-state index is -5.08. The topological polar surface area (TPSA) is 139 Å². The van der Waals surface area contributed by atoms with Crippen LogP contribution in [0.4, 0.5) is 19.0 Å². The number of amides is 2. The molecule has 4 N–H and O–H groups in total. The summed E-state index contributed by atoms with van der Waals surface area (Å²) < 4.78 is 31.7. The second-order valence-corrected chi connectivity index (χ2v) is 8.47. The quantitative estimate of drug-likeness (QED) is 0.638. The molecule has 1 aliphatic rings. The SMILES string of the molecule is Cc1nc(C(=O)NC2(C)CN(C(=O)c3cccc(N)n3)C2)c(C)s1.O=C(O)C(F)(F)F. The van der Waals surface area contributed by atoms with E-state index in [9.17, 15) is 22.8 Å². The summed E-state index contributed by atoms with van der Waals surface area (Å²) >= 11 is 1.50. The number of nitrogens with two attached hydrogens (primary N) is 1. The molecule has 31 heavy (non-hydrogen) atoms. The van der Waals surface area contributed by atoms with Crippen molar-refractivity contribution in [2.24, 2.45) is 0 Å². The number of likely N-dealkylation sites (tertiary alicyclic amines) is 1. The Hall–Kier alpha value is -3.22. The number of thiazole rings is 1. The van der Waals surface area contributed by atoms with E-state index in [1.54, 1.807) is 23.1 Å². The van der Waals surface area contributed by atoms with Gasteiger partial charge in [0.05, 0.1) is 10.5 Å². The lowest BCUT2D eigenvalue weighted by atomic mass is 9.91. The summed E-state index contributed by atoms with van der Waals surface area (Å²) in [5.41, 5.74) is 5.92. The van der Waals surface area contributed by atoms with Gasteiger partial charge < -0.3 is 21.1 Å². The van der Waals surface area contributed by atoms with Gasteiger partial charge >= 0.3 is 12.1 Å². The molecule has 1 aliphatic heterocycles. The van der Waals surface area contributed by atoms with Crippen molar-refractivity contribution in [3.63, 3.8) is 0 Å². The normalized spacial score (nSPS) is 14.7. The lowest BCUT2D eigenvalue weighted by molar-refractivity contribution is -0.192. The standard InChI is InChI=1S/C16H19N5O2S.C2HF3O2/c1-9-13(18-10(2)24-9)14(22)20-16(3)7-21(8-16)15(23)11-5-4-6-12(17)19-11;3-2(4,5)1(6)7/h4-6H,7-8H2,1-3H3,(H2,17,19)(H,20,22);(H,6,7). The van der Waals surface area contributed by atoms with Crippen molar-refractivity contribution >= 4 is 34.9 Å². The Kier molecular flexibility index (Phi) is 6.89. The fourth-order valence-electron chi connectivity index (χ4n) is 2.82. The molecule has 0 bridgehead atoms. The zero-order valence-electron chi connectivity index (χ0n) is 16.8. The van der Waals surface area contributed by atoms with Gasteiger partial charge in [-0.25, -0.2) is 14.8 Å². The Morgan fingerprint density at radius 3 is 2.26 bits per heavy atom. The summed E-state index contributed by atoms with van der Waals surface area (Å²) in [5.74, 6) is -2.83. The van der Waals surface area contributed by atoms with E-state index in [0.717, 1.165) is 9.88 Å². The van der Waals surface area contributed by atoms with Crippen LogP contribution in [0.25, 0.3) is 0 Å². The number of carbonyl (C=O) groups excluding carboxylic acids is 2. The number of hydrogen-bond acceptors (Lipinski definition) is 7. The van der Waals surface area contributed by atoms with Gasteiger partial charge in [0.1, 0.15) is 17.2 Å². The maximum Gasteiger partial charge on any atom is 0.490 e. The highest BCUT2D eigenvalue weighted by molar-refractivity contribution is 7.11. The summed E-state index contributed by atoms with van der Waals surface area (Å²) in [6.07, 6.45) is -5.08.